The Kier molecular flexibility index (Phi) is 7.25. The first-order valence-electron chi connectivity index (χ1n) is 11.2. The number of hydrogen-bond donors (Lipinski definition) is 3. The molecule has 0 aliphatic carbocycles. The second kappa shape index (κ2) is 11.1. The van der Waals surface area contributed by atoms with Gasteiger partial charge in [0.1, 0.15) is 5.52 Å². The molecule has 4 aromatic carbocycles. The largest absolute Gasteiger partial charge is 0.436 e. The lowest BCUT2D eigenvalue weighted by molar-refractivity contribution is -0.113. The summed E-state index contributed by atoms with van der Waals surface area (Å²) in [6.07, 6.45) is 0. The van der Waals surface area contributed by atoms with E-state index < -0.39 is 0 Å². The van der Waals surface area contributed by atoms with E-state index in [9.17, 15) is 4.79 Å². The van der Waals surface area contributed by atoms with E-state index in [0.29, 0.717) is 16.8 Å². The van der Waals surface area contributed by atoms with Gasteiger partial charge in [0.2, 0.25) is 11.8 Å². The van der Waals surface area contributed by atoms with Crippen LogP contribution in [0.4, 0.5) is 17.1 Å². The van der Waals surface area contributed by atoms with Gasteiger partial charge in [-0.3, -0.25) is 4.79 Å². The van der Waals surface area contributed by atoms with Crippen molar-refractivity contribution in [1.82, 2.24) is 4.98 Å². The Balaban J connectivity index is 1.10. The molecule has 8 heteroatoms. The number of carbonyl (C=O) groups is 1. The predicted molar refractivity (Wildman–Crippen MR) is 152 cm³/mol. The summed E-state index contributed by atoms with van der Waals surface area (Å²) < 4.78 is 5.80. The monoisotopic (exact) mass is 510 g/mol. The Morgan fingerprint density at radius 1 is 0.750 bits per heavy atom. The van der Waals surface area contributed by atoms with Crippen molar-refractivity contribution in [2.45, 2.75) is 4.90 Å². The standard InChI is InChI=1S/C28H22N4O2S2/c33-26(29-21-12-10-19(11-13-21)27-32-24-8-4-5-9-25(24)34-27)18-36-23-16-14-22(15-17-23)31-28(35)30-20-6-2-1-3-7-20/h1-17H,18H2,(H,29,33)(H2,30,31,35). The summed E-state index contributed by atoms with van der Waals surface area (Å²) in [4.78, 5) is 17.9. The van der Waals surface area contributed by atoms with Gasteiger partial charge in [0.25, 0.3) is 0 Å². The lowest BCUT2D eigenvalue weighted by Gasteiger charge is -2.11. The highest BCUT2D eigenvalue weighted by Crippen LogP contribution is 2.26. The maximum absolute atomic E-state index is 12.4. The molecule has 0 aliphatic heterocycles. The molecule has 0 saturated heterocycles. The van der Waals surface area contributed by atoms with Crippen molar-refractivity contribution in [3.8, 4) is 11.5 Å². The second-order valence-electron chi connectivity index (χ2n) is 7.87. The molecule has 5 rings (SSSR count). The highest BCUT2D eigenvalue weighted by Gasteiger charge is 2.09. The van der Waals surface area contributed by atoms with Gasteiger partial charge in [0.15, 0.2) is 10.7 Å². The highest BCUT2D eigenvalue weighted by molar-refractivity contribution is 8.00. The fraction of sp³-hybridized carbons (Fsp3) is 0.0357. The van der Waals surface area contributed by atoms with Crippen molar-refractivity contribution in [2.24, 2.45) is 0 Å². The maximum atomic E-state index is 12.4. The number of nitrogens with one attached hydrogen (secondary N) is 3. The topological polar surface area (TPSA) is 79.2 Å². The smallest absolute Gasteiger partial charge is 0.234 e. The van der Waals surface area contributed by atoms with Gasteiger partial charge in [-0.05, 0) is 85.0 Å². The number of aromatic nitrogens is 1. The molecule has 0 aliphatic rings. The zero-order valence-corrected chi connectivity index (χ0v) is 20.7. The molecule has 0 radical (unpaired) electrons. The van der Waals surface area contributed by atoms with Crippen LogP contribution in [0.5, 0.6) is 0 Å². The molecule has 1 aromatic heterocycles. The Labute approximate surface area is 218 Å². The van der Waals surface area contributed by atoms with Crippen molar-refractivity contribution in [3.05, 3.63) is 103 Å². The van der Waals surface area contributed by atoms with Crippen LogP contribution in [0.2, 0.25) is 0 Å². The Morgan fingerprint density at radius 2 is 1.36 bits per heavy atom. The molecule has 1 amide bonds. The molecule has 0 atom stereocenters. The van der Waals surface area contributed by atoms with Crippen molar-refractivity contribution in [1.29, 1.82) is 0 Å². The molecule has 0 fully saturated rings. The van der Waals surface area contributed by atoms with E-state index in [0.717, 1.165) is 38.6 Å². The van der Waals surface area contributed by atoms with Crippen LogP contribution < -0.4 is 16.0 Å². The number of amides is 1. The van der Waals surface area contributed by atoms with Crippen molar-refractivity contribution < 1.29 is 9.21 Å². The average Bonchev–Trinajstić information content (AvgIpc) is 3.34. The minimum Gasteiger partial charge on any atom is -0.436 e. The molecule has 6 nitrogen and oxygen atoms in total. The second-order valence-corrected chi connectivity index (χ2v) is 9.33. The number of anilines is 3. The minimum atomic E-state index is -0.0787. The van der Waals surface area contributed by atoms with Crippen LogP contribution in [0.3, 0.4) is 0 Å². The third-order valence-electron chi connectivity index (χ3n) is 5.22. The predicted octanol–water partition coefficient (Wildman–Crippen LogP) is 7.03. The molecular formula is C28H22N4O2S2. The Morgan fingerprint density at radius 3 is 2.08 bits per heavy atom. The number of hydrogen-bond acceptors (Lipinski definition) is 5. The van der Waals surface area contributed by atoms with Crippen molar-refractivity contribution in [3.63, 3.8) is 0 Å². The van der Waals surface area contributed by atoms with Crippen LogP contribution in [0.15, 0.2) is 112 Å². The number of thiocarbonyl (C=S) groups is 1. The summed E-state index contributed by atoms with van der Waals surface area (Å²) in [5.41, 5.74) is 4.94. The van der Waals surface area contributed by atoms with Crippen LogP contribution >= 0.6 is 24.0 Å². The molecule has 0 saturated carbocycles. The minimum absolute atomic E-state index is 0.0787. The summed E-state index contributed by atoms with van der Waals surface area (Å²) >= 11 is 6.83. The first kappa shape index (κ1) is 23.6. The fourth-order valence-corrected chi connectivity index (χ4v) is 4.42. The van der Waals surface area contributed by atoms with Crippen LogP contribution in [0, 0.1) is 0 Å². The van der Waals surface area contributed by atoms with E-state index in [-0.39, 0.29) is 5.91 Å². The van der Waals surface area contributed by atoms with E-state index in [1.807, 2.05) is 103 Å². The van der Waals surface area contributed by atoms with Gasteiger partial charge in [0, 0.05) is 27.5 Å². The summed E-state index contributed by atoms with van der Waals surface area (Å²) in [7, 11) is 0. The summed E-state index contributed by atoms with van der Waals surface area (Å²) in [5.74, 6) is 0.775. The highest BCUT2D eigenvalue weighted by atomic mass is 32.2. The van der Waals surface area contributed by atoms with Gasteiger partial charge in [-0.15, -0.1) is 11.8 Å². The zero-order valence-electron chi connectivity index (χ0n) is 19.1. The quantitative estimate of drug-likeness (QED) is 0.160. The molecule has 3 N–H and O–H groups in total. The zero-order chi connectivity index (χ0) is 24.7. The maximum Gasteiger partial charge on any atom is 0.234 e. The molecule has 0 bridgehead atoms. The van der Waals surface area contributed by atoms with E-state index in [4.69, 9.17) is 16.6 Å². The number of carbonyl (C=O) groups excluding carboxylic acids is 1. The van der Waals surface area contributed by atoms with Crippen LogP contribution in [-0.2, 0) is 4.79 Å². The lowest BCUT2D eigenvalue weighted by Crippen LogP contribution is -2.18. The van der Waals surface area contributed by atoms with Gasteiger partial charge in [-0.1, -0.05) is 30.3 Å². The van der Waals surface area contributed by atoms with Gasteiger partial charge in [0.05, 0.1) is 5.75 Å². The van der Waals surface area contributed by atoms with Crippen LogP contribution in [-0.4, -0.2) is 21.8 Å². The fourth-order valence-electron chi connectivity index (χ4n) is 3.49. The van der Waals surface area contributed by atoms with Crippen molar-refractivity contribution >= 4 is 63.2 Å². The van der Waals surface area contributed by atoms with E-state index in [1.165, 1.54) is 11.8 Å². The molecule has 5 aromatic rings. The number of thioether (sulfide) groups is 1. The van der Waals surface area contributed by atoms with Crippen molar-refractivity contribution in [2.75, 3.05) is 21.7 Å². The van der Waals surface area contributed by atoms with E-state index in [1.54, 1.807) is 0 Å². The molecule has 36 heavy (non-hydrogen) atoms. The normalized spacial score (nSPS) is 10.7. The van der Waals surface area contributed by atoms with Crippen LogP contribution in [0.25, 0.3) is 22.6 Å². The molecule has 0 unspecified atom stereocenters. The molecular weight excluding hydrogens is 488 g/mol. The third-order valence-corrected chi connectivity index (χ3v) is 6.44. The Bertz CT molecular complexity index is 1450. The number of nitrogens with zero attached hydrogens (tertiary/aromatic N) is 1. The number of rotatable bonds is 7. The lowest BCUT2D eigenvalue weighted by atomic mass is 10.2. The van der Waals surface area contributed by atoms with E-state index >= 15 is 0 Å². The van der Waals surface area contributed by atoms with Gasteiger partial charge in [-0.2, -0.15) is 0 Å². The first-order valence-corrected chi connectivity index (χ1v) is 12.6. The number of benzene rings is 4. The summed E-state index contributed by atoms with van der Waals surface area (Å²) in [5, 5.41) is 9.75. The van der Waals surface area contributed by atoms with Gasteiger partial charge in [-0.25, -0.2) is 4.98 Å². The van der Waals surface area contributed by atoms with Gasteiger partial charge >= 0.3 is 0 Å². The number of para-hydroxylation sites is 3. The summed E-state index contributed by atoms with van der Waals surface area (Å²) in [6, 6.07) is 32.6. The molecule has 178 valence electrons. The molecule has 1 heterocycles. The first-order chi connectivity index (χ1) is 17.6. The number of oxazole rings is 1. The Hall–Kier alpha value is -4.14. The van der Waals surface area contributed by atoms with Crippen LogP contribution in [0.1, 0.15) is 0 Å². The summed E-state index contributed by atoms with van der Waals surface area (Å²) in [6.45, 7) is 0. The van der Waals surface area contributed by atoms with Gasteiger partial charge < -0.3 is 20.4 Å². The van der Waals surface area contributed by atoms with E-state index in [2.05, 4.69) is 20.9 Å². The SMILES string of the molecule is O=C(CSc1ccc(NC(=S)Nc2ccccc2)cc1)Nc1ccc(-c2nc3ccccc3o2)cc1. The molecule has 0 spiro atoms. The average molecular weight is 511 g/mol. The third kappa shape index (κ3) is 6.10. The number of fused-ring (bicyclic) bond motifs is 1.